The number of benzene rings is 3. The minimum absolute atomic E-state index is 0.0521. The number of ether oxygens (including phenoxy) is 2. The first-order chi connectivity index (χ1) is 14.7. The molecule has 0 aromatic heterocycles. The standard InChI is InChI=1S/C22H15F6NO2/c23-14-7-13(8-15(24)10-14)17-5-2-6-18-20(17)30-11-19(29-18)12-3-1-4-16(9-12)31-22(27,28)21(25)26/h1-10,19,21,29H,11H2. The summed E-state index contributed by atoms with van der Waals surface area (Å²) in [5.41, 5.74) is 1.74. The molecule has 1 heterocycles. The fourth-order valence-electron chi connectivity index (χ4n) is 3.31. The van der Waals surface area contributed by atoms with Crippen molar-refractivity contribution in [2.45, 2.75) is 18.6 Å². The molecular formula is C22H15F6NO2. The monoisotopic (exact) mass is 439 g/mol. The molecule has 0 aliphatic carbocycles. The molecule has 0 radical (unpaired) electrons. The van der Waals surface area contributed by atoms with Crippen LogP contribution in [-0.2, 0) is 0 Å². The molecule has 0 saturated carbocycles. The molecule has 3 aromatic rings. The molecular weight excluding hydrogens is 424 g/mol. The molecule has 3 nitrogen and oxygen atoms in total. The summed E-state index contributed by atoms with van der Waals surface area (Å²) < 4.78 is 88.4. The number of nitrogens with one attached hydrogen (secondary N) is 1. The smallest absolute Gasteiger partial charge is 0.461 e. The molecule has 0 bridgehead atoms. The molecule has 9 heteroatoms. The van der Waals surface area contributed by atoms with Gasteiger partial charge in [-0.15, -0.1) is 0 Å². The lowest BCUT2D eigenvalue weighted by molar-refractivity contribution is -0.253. The van der Waals surface area contributed by atoms with Crippen molar-refractivity contribution in [3.05, 3.63) is 77.9 Å². The van der Waals surface area contributed by atoms with Gasteiger partial charge in [-0.1, -0.05) is 24.3 Å². The normalized spacial score (nSPS) is 15.8. The Morgan fingerprint density at radius 2 is 1.68 bits per heavy atom. The van der Waals surface area contributed by atoms with Crippen LogP contribution in [-0.4, -0.2) is 19.1 Å². The van der Waals surface area contributed by atoms with Crippen LogP contribution in [0.4, 0.5) is 32.0 Å². The Morgan fingerprint density at radius 1 is 0.968 bits per heavy atom. The molecule has 0 saturated heterocycles. The Hall–Kier alpha value is -3.36. The Morgan fingerprint density at radius 3 is 2.39 bits per heavy atom. The Kier molecular flexibility index (Phi) is 5.43. The quantitative estimate of drug-likeness (QED) is 0.466. The molecule has 1 aliphatic rings. The van der Waals surface area contributed by atoms with Crippen molar-refractivity contribution >= 4 is 5.69 Å². The minimum atomic E-state index is -4.61. The van der Waals surface area contributed by atoms with Crippen LogP contribution in [0.2, 0.25) is 0 Å². The number of halogens is 6. The van der Waals surface area contributed by atoms with Crippen LogP contribution in [0.5, 0.6) is 11.5 Å². The van der Waals surface area contributed by atoms with Gasteiger partial charge < -0.3 is 14.8 Å². The van der Waals surface area contributed by atoms with E-state index in [-0.39, 0.29) is 6.61 Å². The molecule has 3 aromatic carbocycles. The second-order valence-corrected chi connectivity index (χ2v) is 6.89. The van der Waals surface area contributed by atoms with E-state index < -0.39 is 36.0 Å². The van der Waals surface area contributed by atoms with Crippen molar-refractivity contribution in [2.24, 2.45) is 0 Å². The SMILES string of the molecule is Fc1cc(F)cc(-c2cccc3c2OCC(c2cccc(OC(F)(F)C(F)F)c2)N3)c1. The van der Waals surface area contributed by atoms with E-state index in [1.807, 2.05) is 0 Å². The Balaban J connectivity index is 1.60. The number of alkyl halides is 4. The number of hydrogen-bond acceptors (Lipinski definition) is 3. The first-order valence-electron chi connectivity index (χ1n) is 9.17. The minimum Gasteiger partial charge on any atom is -0.488 e. The van der Waals surface area contributed by atoms with Gasteiger partial charge in [-0.2, -0.15) is 17.6 Å². The van der Waals surface area contributed by atoms with E-state index >= 15 is 0 Å². The highest BCUT2D eigenvalue weighted by Gasteiger charge is 2.44. The van der Waals surface area contributed by atoms with Crippen molar-refractivity contribution in [3.63, 3.8) is 0 Å². The topological polar surface area (TPSA) is 30.5 Å². The molecule has 4 rings (SSSR count). The summed E-state index contributed by atoms with van der Waals surface area (Å²) in [6.45, 7) is 0.0521. The van der Waals surface area contributed by atoms with Gasteiger partial charge in [0.2, 0.25) is 0 Å². The number of anilines is 1. The van der Waals surface area contributed by atoms with Crippen molar-refractivity contribution in [1.29, 1.82) is 0 Å². The molecule has 162 valence electrons. The number of para-hydroxylation sites is 1. The third kappa shape index (κ3) is 4.40. The molecule has 0 fully saturated rings. The lowest BCUT2D eigenvalue weighted by Gasteiger charge is -2.29. The molecule has 1 atom stereocenters. The van der Waals surface area contributed by atoms with Crippen LogP contribution in [0.1, 0.15) is 11.6 Å². The van der Waals surface area contributed by atoms with Gasteiger partial charge in [0.1, 0.15) is 29.7 Å². The molecule has 31 heavy (non-hydrogen) atoms. The average molecular weight is 439 g/mol. The second kappa shape index (κ2) is 8.05. The zero-order valence-corrected chi connectivity index (χ0v) is 15.7. The number of fused-ring (bicyclic) bond motifs is 1. The Labute approximate surface area is 173 Å². The van der Waals surface area contributed by atoms with Crippen molar-refractivity contribution in [1.82, 2.24) is 0 Å². The maximum Gasteiger partial charge on any atom is 0.461 e. The van der Waals surface area contributed by atoms with Gasteiger partial charge in [-0.25, -0.2) is 8.78 Å². The lowest BCUT2D eigenvalue weighted by Crippen LogP contribution is -2.33. The van der Waals surface area contributed by atoms with Gasteiger partial charge in [0.15, 0.2) is 0 Å². The zero-order valence-electron chi connectivity index (χ0n) is 15.7. The third-order valence-electron chi connectivity index (χ3n) is 4.68. The van der Waals surface area contributed by atoms with E-state index in [1.54, 1.807) is 24.3 Å². The van der Waals surface area contributed by atoms with E-state index in [0.29, 0.717) is 28.1 Å². The summed E-state index contributed by atoms with van der Waals surface area (Å²) in [4.78, 5) is 0. The fourth-order valence-corrected chi connectivity index (χ4v) is 3.31. The highest BCUT2D eigenvalue weighted by atomic mass is 19.3. The highest BCUT2D eigenvalue weighted by molar-refractivity contribution is 5.79. The summed E-state index contributed by atoms with van der Waals surface area (Å²) in [5, 5.41) is 3.16. The zero-order chi connectivity index (χ0) is 22.2. The number of hydrogen-bond donors (Lipinski definition) is 1. The maximum atomic E-state index is 13.6. The first-order valence-corrected chi connectivity index (χ1v) is 9.17. The van der Waals surface area contributed by atoms with E-state index in [2.05, 4.69) is 10.1 Å². The van der Waals surface area contributed by atoms with Gasteiger partial charge in [-0.05, 0) is 41.5 Å². The van der Waals surface area contributed by atoms with Crippen molar-refractivity contribution < 1.29 is 35.8 Å². The summed E-state index contributed by atoms with van der Waals surface area (Å²) in [6, 6.07) is 13.0. The summed E-state index contributed by atoms with van der Waals surface area (Å²) in [7, 11) is 0. The molecule has 1 N–H and O–H groups in total. The molecule has 1 unspecified atom stereocenters. The van der Waals surface area contributed by atoms with Crippen LogP contribution in [0.25, 0.3) is 11.1 Å². The van der Waals surface area contributed by atoms with Crippen LogP contribution < -0.4 is 14.8 Å². The van der Waals surface area contributed by atoms with Gasteiger partial charge in [0, 0.05) is 11.6 Å². The van der Waals surface area contributed by atoms with Crippen molar-refractivity contribution in [3.8, 4) is 22.6 Å². The maximum absolute atomic E-state index is 13.6. The largest absolute Gasteiger partial charge is 0.488 e. The predicted octanol–water partition coefficient (Wildman–Crippen LogP) is 6.41. The molecule has 1 aliphatic heterocycles. The third-order valence-corrected chi connectivity index (χ3v) is 4.68. The lowest BCUT2D eigenvalue weighted by atomic mass is 10.0. The second-order valence-electron chi connectivity index (χ2n) is 6.89. The van der Waals surface area contributed by atoms with E-state index in [1.165, 1.54) is 24.3 Å². The van der Waals surface area contributed by atoms with Gasteiger partial charge >= 0.3 is 12.5 Å². The predicted molar refractivity (Wildman–Crippen MR) is 102 cm³/mol. The Bertz CT molecular complexity index is 1080. The number of rotatable bonds is 5. The van der Waals surface area contributed by atoms with E-state index in [4.69, 9.17) is 4.74 Å². The summed E-state index contributed by atoms with van der Waals surface area (Å²) in [5.74, 6) is -1.50. The van der Waals surface area contributed by atoms with Gasteiger partial charge in [-0.3, -0.25) is 0 Å². The van der Waals surface area contributed by atoms with Crippen LogP contribution in [0.15, 0.2) is 60.7 Å². The van der Waals surface area contributed by atoms with Crippen LogP contribution in [0.3, 0.4) is 0 Å². The fraction of sp³-hybridized carbons (Fsp3) is 0.182. The molecule has 0 spiro atoms. The highest BCUT2D eigenvalue weighted by Crippen LogP contribution is 2.42. The van der Waals surface area contributed by atoms with E-state index in [0.717, 1.165) is 12.1 Å². The summed E-state index contributed by atoms with van der Waals surface area (Å²) >= 11 is 0. The first kappa shape index (κ1) is 20.9. The van der Waals surface area contributed by atoms with Gasteiger partial charge in [0.05, 0.1) is 11.7 Å². The van der Waals surface area contributed by atoms with Crippen LogP contribution >= 0.6 is 0 Å². The summed E-state index contributed by atoms with van der Waals surface area (Å²) in [6.07, 6.45) is -8.58. The average Bonchev–Trinajstić information content (AvgIpc) is 2.72. The van der Waals surface area contributed by atoms with Crippen LogP contribution in [0, 0.1) is 11.6 Å². The molecule has 0 amide bonds. The van der Waals surface area contributed by atoms with Gasteiger partial charge in [0.25, 0.3) is 0 Å². The van der Waals surface area contributed by atoms with Crippen molar-refractivity contribution in [2.75, 3.05) is 11.9 Å². The van der Waals surface area contributed by atoms with E-state index in [9.17, 15) is 26.3 Å².